The van der Waals surface area contributed by atoms with Gasteiger partial charge in [0.15, 0.2) is 15.9 Å². The van der Waals surface area contributed by atoms with E-state index in [1.54, 1.807) is 28.9 Å². The van der Waals surface area contributed by atoms with Crippen molar-refractivity contribution in [1.29, 1.82) is 0 Å². The first-order valence-electron chi connectivity index (χ1n) is 5.94. The normalized spacial score (nSPS) is 11.1. The van der Waals surface area contributed by atoms with Gasteiger partial charge in [-0.1, -0.05) is 0 Å². The molecule has 4 nitrogen and oxygen atoms in total. The van der Waals surface area contributed by atoms with Crippen LogP contribution in [0.25, 0.3) is 22.2 Å². The molecule has 0 atom stereocenters. The van der Waals surface area contributed by atoms with Crippen molar-refractivity contribution >= 4 is 27.8 Å². The molecular weight excluding hydrogens is 278 g/mol. The zero-order valence-corrected chi connectivity index (χ0v) is 12.2. The number of aromatic nitrogens is 2. The van der Waals surface area contributed by atoms with Gasteiger partial charge < -0.3 is 9.73 Å². The van der Waals surface area contributed by atoms with E-state index in [-0.39, 0.29) is 0 Å². The maximum Gasteiger partial charge on any atom is 0.183 e. The fourth-order valence-corrected chi connectivity index (χ4v) is 3.24. The highest BCUT2D eigenvalue weighted by Crippen LogP contribution is 2.30. The third-order valence-electron chi connectivity index (χ3n) is 2.41. The maximum atomic E-state index is 5.34. The van der Waals surface area contributed by atoms with Gasteiger partial charge in [-0.3, -0.25) is 0 Å². The van der Waals surface area contributed by atoms with Crippen LogP contribution in [0.3, 0.4) is 0 Å². The largest absolute Gasteiger partial charge is 0.462 e. The van der Waals surface area contributed by atoms with E-state index in [1.807, 2.05) is 22.9 Å². The minimum Gasteiger partial charge on any atom is -0.462 e. The van der Waals surface area contributed by atoms with Crippen LogP contribution in [0.2, 0.25) is 0 Å². The van der Waals surface area contributed by atoms with Gasteiger partial charge in [0.2, 0.25) is 0 Å². The summed E-state index contributed by atoms with van der Waals surface area (Å²) in [5.41, 5.74) is 1.80. The van der Waals surface area contributed by atoms with Crippen molar-refractivity contribution < 1.29 is 4.42 Å². The molecule has 0 fully saturated rings. The summed E-state index contributed by atoms with van der Waals surface area (Å²) in [4.78, 5) is 9.09. The molecule has 0 radical (unpaired) electrons. The van der Waals surface area contributed by atoms with E-state index in [0.717, 1.165) is 27.3 Å². The van der Waals surface area contributed by atoms with Crippen molar-refractivity contribution in [3.8, 4) is 22.2 Å². The summed E-state index contributed by atoms with van der Waals surface area (Å²) in [5, 5.41) is 9.13. The van der Waals surface area contributed by atoms with Gasteiger partial charge in [-0.2, -0.15) is 0 Å². The zero-order chi connectivity index (χ0) is 13.2. The van der Waals surface area contributed by atoms with Crippen LogP contribution in [-0.2, 0) is 0 Å². The van der Waals surface area contributed by atoms with Crippen molar-refractivity contribution in [3.63, 3.8) is 0 Å². The highest BCUT2D eigenvalue weighted by atomic mass is 32.1. The number of nitrogens with one attached hydrogen (secondary N) is 1. The van der Waals surface area contributed by atoms with Crippen LogP contribution in [0.15, 0.2) is 33.6 Å². The maximum absolute atomic E-state index is 5.34. The molecule has 0 bridgehead atoms. The molecule has 0 amide bonds. The minimum absolute atomic E-state index is 0.383. The summed E-state index contributed by atoms with van der Waals surface area (Å²) in [6.07, 6.45) is 1.66. The number of nitrogens with zero attached hydrogens (tertiary/aromatic N) is 2. The first-order valence-corrected chi connectivity index (χ1v) is 7.70. The van der Waals surface area contributed by atoms with E-state index >= 15 is 0 Å². The number of thiazole rings is 2. The molecule has 0 spiro atoms. The monoisotopic (exact) mass is 291 g/mol. The Labute approximate surface area is 119 Å². The lowest BCUT2D eigenvalue weighted by atomic mass is 10.4. The lowest BCUT2D eigenvalue weighted by molar-refractivity contribution is 0.582. The third kappa shape index (κ3) is 2.69. The highest BCUT2D eigenvalue weighted by molar-refractivity contribution is 7.14. The summed E-state index contributed by atoms with van der Waals surface area (Å²) in [5.74, 6) is 0.798. The summed E-state index contributed by atoms with van der Waals surface area (Å²) in [6.45, 7) is 4.19. The quantitative estimate of drug-likeness (QED) is 0.776. The molecule has 0 saturated carbocycles. The van der Waals surface area contributed by atoms with Gasteiger partial charge in [-0.15, -0.1) is 22.7 Å². The number of anilines is 1. The van der Waals surface area contributed by atoms with E-state index in [4.69, 9.17) is 4.42 Å². The van der Waals surface area contributed by atoms with E-state index in [1.165, 1.54) is 0 Å². The van der Waals surface area contributed by atoms with Gasteiger partial charge in [0.1, 0.15) is 11.4 Å². The van der Waals surface area contributed by atoms with Crippen LogP contribution in [0, 0.1) is 0 Å². The number of hydrogen-bond acceptors (Lipinski definition) is 6. The molecule has 0 aliphatic carbocycles. The van der Waals surface area contributed by atoms with Crippen molar-refractivity contribution in [2.45, 2.75) is 19.9 Å². The SMILES string of the molecule is CC(C)Nc1nc(-c2csc(-c3ccco3)n2)cs1. The molecule has 98 valence electrons. The van der Waals surface area contributed by atoms with Gasteiger partial charge in [0, 0.05) is 16.8 Å². The Balaban J connectivity index is 1.84. The molecule has 0 aromatic carbocycles. The van der Waals surface area contributed by atoms with Crippen LogP contribution in [0.1, 0.15) is 13.8 Å². The topological polar surface area (TPSA) is 51.0 Å². The Hall–Kier alpha value is -1.66. The first-order chi connectivity index (χ1) is 9.22. The second kappa shape index (κ2) is 5.14. The molecule has 3 heterocycles. The smallest absolute Gasteiger partial charge is 0.183 e. The first kappa shape index (κ1) is 12.4. The summed E-state index contributed by atoms with van der Waals surface area (Å²) < 4.78 is 5.34. The molecule has 3 aromatic rings. The number of rotatable bonds is 4. The van der Waals surface area contributed by atoms with Gasteiger partial charge in [0.05, 0.1) is 6.26 Å². The fourth-order valence-electron chi connectivity index (χ4n) is 1.61. The lowest BCUT2D eigenvalue weighted by Gasteiger charge is -2.04. The Bertz CT molecular complexity index is 655. The average molecular weight is 291 g/mol. The number of hydrogen-bond donors (Lipinski definition) is 1. The van der Waals surface area contributed by atoms with Crippen LogP contribution in [0.5, 0.6) is 0 Å². The number of furan rings is 1. The fraction of sp³-hybridized carbons (Fsp3) is 0.231. The third-order valence-corrected chi connectivity index (χ3v) is 4.05. The van der Waals surface area contributed by atoms with Gasteiger partial charge in [-0.05, 0) is 26.0 Å². The average Bonchev–Trinajstić information content (AvgIpc) is 3.09. The van der Waals surface area contributed by atoms with Gasteiger partial charge >= 0.3 is 0 Å². The predicted octanol–water partition coefficient (Wildman–Crippen LogP) is 4.35. The summed E-state index contributed by atoms with van der Waals surface area (Å²) in [6, 6.07) is 4.16. The second-order valence-electron chi connectivity index (χ2n) is 4.35. The molecule has 1 N–H and O–H groups in total. The van der Waals surface area contributed by atoms with Crippen molar-refractivity contribution in [2.24, 2.45) is 0 Å². The van der Waals surface area contributed by atoms with E-state index in [9.17, 15) is 0 Å². The minimum atomic E-state index is 0.383. The predicted molar refractivity (Wildman–Crippen MR) is 79.7 cm³/mol. The van der Waals surface area contributed by atoms with E-state index in [0.29, 0.717) is 6.04 Å². The van der Waals surface area contributed by atoms with E-state index in [2.05, 4.69) is 29.1 Å². The Kier molecular flexibility index (Phi) is 3.35. The van der Waals surface area contributed by atoms with Crippen molar-refractivity contribution in [3.05, 3.63) is 29.2 Å². The van der Waals surface area contributed by atoms with Crippen LogP contribution in [0.4, 0.5) is 5.13 Å². The summed E-state index contributed by atoms with van der Waals surface area (Å²) in [7, 11) is 0. The van der Waals surface area contributed by atoms with Crippen molar-refractivity contribution in [1.82, 2.24) is 9.97 Å². The highest BCUT2D eigenvalue weighted by Gasteiger charge is 2.11. The molecule has 19 heavy (non-hydrogen) atoms. The summed E-state index contributed by atoms with van der Waals surface area (Å²) >= 11 is 3.16. The molecule has 0 saturated heterocycles. The van der Waals surface area contributed by atoms with E-state index < -0.39 is 0 Å². The van der Waals surface area contributed by atoms with Crippen molar-refractivity contribution in [2.75, 3.05) is 5.32 Å². The molecule has 0 aliphatic rings. The Morgan fingerprint density at radius 2 is 1.95 bits per heavy atom. The molecule has 0 aliphatic heterocycles. The standard InChI is InChI=1S/C13H13N3OS2/c1-8(2)14-13-16-10(7-19-13)9-6-18-12(15-9)11-4-3-5-17-11/h3-8H,1-2H3,(H,14,16). The molecule has 3 aromatic heterocycles. The molecule has 6 heteroatoms. The molecule has 3 rings (SSSR count). The lowest BCUT2D eigenvalue weighted by Crippen LogP contribution is -2.08. The van der Waals surface area contributed by atoms with Crippen LogP contribution < -0.4 is 5.32 Å². The second-order valence-corrected chi connectivity index (χ2v) is 6.07. The molecule has 0 unspecified atom stereocenters. The Morgan fingerprint density at radius 1 is 1.16 bits per heavy atom. The van der Waals surface area contributed by atoms with Gasteiger partial charge in [0.25, 0.3) is 0 Å². The van der Waals surface area contributed by atoms with Crippen LogP contribution >= 0.6 is 22.7 Å². The Morgan fingerprint density at radius 3 is 2.68 bits per heavy atom. The molecular formula is C13H13N3OS2. The van der Waals surface area contributed by atoms with Gasteiger partial charge in [-0.25, -0.2) is 9.97 Å². The van der Waals surface area contributed by atoms with Crippen LogP contribution in [-0.4, -0.2) is 16.0 Å². The zero-order valence-electron chi connectivity index (χ0n) is 10.6.